The minimum Gasteiger partial charge on any atom is -0.324 e. The maximum absolute atomic E-state index is 13.0. The molecule has 4 aromatic carbocycles. The lowest BCUT2D eigenvalue weighted by Gasteiger charge is -2.10. The normalized spacial score (nSPS) is 11.5. The summed E-state index contributed by atoms with van der Waals surface area (Å²) in [7, 11) is -3.99. The number of carbonyl (C=O) groups is 1. The van der Waals surface area contributed by atoms with E-state index >= 15 is 0 Å². The van der Waals surface area contributed by atoms with Crippen molar-refractivity contribution in [3.8, 4) is 11.1 Å². The molecule has 1 aromatic heterocycles. The Morgan fingerprint density at radius 2 is 1.43 bits per heavy atom. The summed E-state index contributed by atoms with van der Waals surface area (Å²) in [5.74, 6) is 0.0228. The zero-order valence-electron chi connectivity index (χ0n) is 19.0. The predicted octanol–water partition coefficient (Wildman–Crippen LogP) is 5.18. The lowest BCUT2D eigenvalue weighted by atomic mass is 10.0. The highest BCUT2D eigenvalue weighted by molar-refractivity contribution is 7.90. The molecule has 1 N–H and O–H groups in total. The van der Waals surface area contributed by atoms with Crippen LogP contribution in [0.25, 0.3) is 22.2 Å². The number of imidazole rings is 1. The van der Waals surface area contributed by atoms with Crippen molar-refractivity contribution in [1.29, 1.82) is 0 Å². The first-order valence-corrected chi connectivity index (χ1v) is 12.6. The lowest BCUT2D eigenvalue weighted by molar-refractivity contribution is 0.0983. The van der Waals surface area contributed by atoms with Crippen LogP contribution in [0.3, 0.4) is 0 Å². The molecule has 1 amide bonds. The van der Waals surface area contributed by atoms with Crippen LogP contribution in [0.15, 0.2) is 108 Å². The number of fused-ring (bicyclic) bond motifs is 1. The Morgan fingerprint density at radius 3 is 2.11 bits per heavy atom. The molecule has 5 aromatic rings. The van der Waals surface area contributed by atoms with Crippen LogP contribution in [0.1, 0.15) is 21.7 Å². The number of benzene rings is 4. The molecule has 0 atom stereocenters. The number of aryl methyl sites for hydroxylation is 1. The van der Waals surface area contributed by atoms with E-state index in [-0.39, 0.29) is 10.5 Å². The zero-order chi connectivity index (χ0) is 24.4. The standard InChI is InChI=1S/C28H23N3O3S/c1-20-29-27-25(28(32)30-35(33,34)24-11-6-3-7-12-24)13-8-14-26(27)31(20)19-21-15-17-23(18-16-21)22-9-4-2-5-10-22/h2-18H,19H2,1H3,(H,30,32). The van der Waals surface area contributed by atoms with Crippen LogP contribution in [0.2, 0.25) is 0 Å². The molecule has 0 aliphatic carbocycles. The number of sulfonamides is 1. The Bertz CT molecular complexity index is 1610. The first-order chi connectivity index (χ1) is 16.9. The molecular weight excluding hydrogens is 458 g/mol. The average Bonchev–Trinajstić information content (AvgIpc) is 3.20. The smallest absolute Gasteiger partial charge is 0.267 e. The van der Waals surface area contributed by atoms with Crippen LogP contribution < -0.4 is 4.72 Å². The first kappa shape index (κ1) is 22.6. The molecule has 0 saturated carbocycles. The third-order valence-electron chi connectivity index (χ3n) is 5.90. The number of aromatic nitrogens is 2. The van der Waals surface area contributed by atoms with Gasteiger partial charge in [-0.2, -0.15) is 0 Å². The summed E-state index contributed by atoms with van der Waals surface area (Å²) in [4.78, 5) is 17.6. The van der Waals surface area contributed by atoms with Gasteiger partial charge in [-0.25, -0.2) is 18.1 Å². The molecule has 0 saturated heterocycles. The Kier molecular flexibility index (Phi) is 5.93. The van der Waals surface area contributed by atoms with Crippen molar-refractivity contribution in [3.63, 3.8) is 0 Å². The van der Waals surface area contributed by atoms with Crippen molar-refractivity contribution in [1.82, 2.24) is 14.3 Å². The topological polar surface area (TPSA) is 81.1 Å². The van der Waals surface area contributed by atoms with Crippen LogP contribution in [0, 0.1) is 6.92 Å². The van der Waals surface area contributed by atoms with E-state index in [2.05, 4.69) is 46.1 Å². The van der Waals surface area contributed by atoms with Gasteiger partial charge in [-0.15, -0.1) is 0 Å². The van der Waals surface area contributed by atoms with E-state index < -0.39 is 15.9 Å². The van der Waals surface area contributed by atoms with E-state index in [0.29, 0.717) is 12.1 Å². The van der Waals surface area contributed by atoms with Crippen molar-refractivity contribution in [2.24, 2.45) is 0 Å². The summed E-state index contributed by atoms with van der Waals surface area (Å²) in [5.41, 5.74) is 4.83. The number of rotatable bonds is 6. The van der Waals surface area contributed by atoms with Gasteiger partial charge in [-0.1, -0.05) is 78.9 Å². The minimum atomic E-state index is -3.99. The van der Waals surface area contributed by atoms with Crippen molar-refractivity contribution in [3.05, 3.63) is 120 Å². The molecule has 0 aliphatic rings. The molecule has 7 heteroatoms. The van der Waals surface area contributed by atoms with Crippen LogP contribution in [0.4, 0.5) is 0 Å². The fourth-order valence-corrected chi connectivity index (χ4v) is 5.08. The Hall–Kier alpha value is -4.23. The molecule has 0 aliphatic heterocycles. The molecule has 174 valence electrons. The number of amides is 1. The quantitative estimate of drug-likeness (QED) is 0.362. The largest absolute Gasteiger partial charge is 0.324 e. The van der Waals surface area contributed by atoms with Gasteiger partial charge in [0.25, 0.3) is 15.9 Å². The van der Waals surface area contributed by atoms with Gasteiger partial charge < -0.3 is 4.57 Å². The third kappa shape index (κ3) is 4.58. The number of hydrogen-bond donors (Lipinski definition) is 1. The Morgan fingerprint density at radius 1 is 0.800 bits per heavy atom. The molecule has 5 rings (SSSR count). The van der Waals surface area contributed by atoms with E-state index in [4.69, 9.17) is 0 Å². The minimum absolute atomic E-state index is 0.0289. The van der Waals surface area contributed by atoms with Gasteiger partial charge in [0.2, 0.25) is 0 Å². The summed E-state index contributed by atoms with van der Waals surface area (Å²) in [5, 5.41) is 0. The number of para-hydroxylation sites is 1. The van der Waals surface area contributed by atoms with Crippen LogP contribution >= 0.6 is 0 Å². The molecule has 1 heterocycles. The Balaban J connectivity index is 1.43. The van der Waals surface area contributed by atoms with Crippen molar-refractivity contribution in [2.75, 3.05) is 0 Å². The van der Waals surface area contributed by atoms with Crippen molar-refractivity contribution < 1.29 is 13.2 Å². The van der Waals surface area contributed by atoms with Crippen LogP contribution in [-0.2, 0) is 16.6 Å². The highest BCUT2D eigenvalue weighted by Gasteiger charge is 2.22. The fraction of sp³-hybridized carbons (Fsp3) is 0.0714. The number of nitrogens with one attached hydrogen (secondary N) is 1. The van der Waals surface area contributed by atoms with Gasteiger partial charge in [0.05, 0.1) is 16.0 Å². The first-order valence-electron chi connectivity index (χ1n) is 11.1. The predicted molar refractivity (Wildman–Crippen MR) is 137 cm³/mol. The second-order valence-corrected chi connectivity index (χ2v) is 9.91. The van der Waals surface area contributed by atoms with E-state index in [1.54, 1.807) is 30.3 Å². The fourth-order valence-electron chi connectivity index (χ4n) is 4.10. The van der Waals surface area contributed by atoms with Gasteiger partial charge in [-0.05, 0) is 47.9 Å². The molecule has 0 unspecified atom stereocenters. The molecule has 0 spiro atoms. The number of carbonyl (C=O) groups excluding carboxylic acids is 1. The van der Waals surface area contributed by atoms with Crippen molar-refractivity contribution in [2.45, 2.75) is 18.4 Å². The van der Waals surface area contributed by atoms with E-state index in [0.717, 1.165) is 28.0 Å². The van der Waals surface area contributed by atoms with Gasteiger partial charge in [0.15, 0.2) is 0 Å². The third-order valence-corrected chi connectivity index (χ3v) is 7.24. The van der Waals surface area contributed by atoms with Gasteiger partial charge in [-0.3, -0.25) is 4.79 Å². The highest BCUT2D eigenvalue weighted by Crippen LogP contribution is 2.24. The molecule has 35 heavy (non-hydrogen) atoms. The molecule has 0 bridgehead atoms. The maximum Gasteiger partial charge on any atom is 0.267 e. The summed E-state index contributed by atoms with van der Waals surface area (Å²) in [6, 6.07) is 31.5. The highest BCUT2D eigenvalue weighted by atomic mass is 32.2. The second-order valence-electron chi connectivity index (χ2n) is 8.23. The SMILES string of the molecule is Cc1nc2c(C(=O)NS(=O)(=O)c3ccccc3)cccc2n1Cc1ccc(-c2ccccc2)cc1. The molecule has 6 nitrogen and oxygen atoms in total. The average molecular weight is 482 g/mol. The monoisotopic (exact) mass is 481 g/mol. The zero-order valence-corrected chi connectivity index (χ0v) is 19.9. The summed E-state index contributed by atoms with van der Waals surface area (Å²) in [6.07, 6.45) is 0. The summed E-state index contributed by atoms with van der Waals surface area (Å²) >= 11 is 0. The van der Waals surface area contributed by atoms with Crippen molar-refractivity contribution >= 4 is 27.0 Å². The lowest BCUT2D eigenvalue weighted by Crippen LogP contribution is -2.30. The molecular formula is C28H23N3O3S. The maximum atomic E-state index is 13.0. The molecule has 0 radical (unpaired) electrons. The number of hydrogen-bond acceptors (Lipinski definition) is 4. The second kappa shape index (κ2) is 9.19. The van der Waals surface area contributed by atoms with Gasteiger partial charge in [0, 0.05) is 6.54 Å². The van der Waals surface area contributed by atoms with E-state index in [1.165, 1.54) is 12.1 Å². The summed E-state index contributed by atoms with van der Waals surface area (Å²) in [6.45, 7) is 2.45. The van der Waals surface area contributed by atoms with Gasteiger partial charge >= 0.3 is 0 Å². The molecule has 0 fully saturated rings. The van der Waals surface area contributed by atoms with E-state index in [9.17, 15) is 13.2 Å². The number of nitrogens with zero attached hydrogens (tertiary/aromatic N) is 2. The summed E-state index contributed by atoms with van der Waals surface area (Å²) < 4.78 is 29.5. The van der Waals surface area contributed by atoms with Crippen LogP contribution in [-0.4, -0.2) is 23.9 Å². The Labute approximate surface area is 203 Å². The van der Waals surface area contributed by atoms with Crippen LogP contribution in [0.5, 0.6) is 0 Å². The van der Waals surface area contributed by atoms with E-state index in [1.807, 2.05) is 35.8 Å². The van der Waals surface area contributed by atoms with Gasteiger partial charge in [0.1, 0.15) is 11.3 Å².